The lowest BCUT2D eigenvalue weighted by Crippen LogP contribution is -2.40. The molecule has 146 valence electrons. The van der Waals surface area contributed by atoms with Crippen molar-refractivity contribution in [2.75, 3.05) is 24.7 Å². The third kappa shape index (κ3) is 3.79. The molecule has 1 aromatic heterocycles. The number of anilines is 2. The van der Waals surface area contributed by atoms with Gasteiger partial charge in [0.15, 0.2) is 5.03 Å². The van der Waals surface area contributed by atoms with Crippen LogP contribution in [-0.2, 0) is 10.0 Å². The van der Waals surface area contributed by atoms with Crippen molar-refractivity contribution in [1.29, 1.82) is 0 Å². The van der Waals surface area contributed by atoms with Crippen molar-refractivity contribution in [2.45, 2.75) is 42.1 Å². The molecule has 0 saturated heterocycles. The number of aromatic hydroxyl groups is 1. The zero-order valence-corrected chi connectivity index (χ0v) is 17.4. The summed E-state index contributed by atoms with van der Waals surface area (Å²) in [6.45, 7) is 2.63. The van der Waals surface area contributed by atoms with Gasteiger partial charge in [-0.1, -0.05) is 38.0 Å². The van der Waals surface area contributed by atoms with E-state index in [0.717, 1.165) is 24.9 Å². The fourth-order valence-electron chi connectivity index (χ4n) is 3.31. The van der Waals surface area contributed by atoms with E-state index in [4.69, 9.17) is 0 Å². The number of hydrogen-bond acceptors (Lipinski definition) is 6. The predicted octanol–water partition coefficient (Wildman–Crippen LogP) is 3.84. The van der Waals surface area contributed by atoms with E-state index in [-0.39, 0.29) is 16.9 Å². The van der Waals surface area contributed by atoms with Crippen LogP contribution < -0.4 is 4.90 Å². The Hall–Kier alpha value is -1.77. The first-order valence-electron chi connectivity index (χ1n) is 8.98. The molecule has 2 aromatic rings. The third-order valence-electron chi connectivity index (χ3n) is 4.92. The maximum atomic E-state index is 13.2. The number of rotatable bonds is 5. The van der Waals surface area contributed by atoms with Crippen LogP contribution in [0.1, 0.15) is 26.2 Å². The summed E-state index contributed by atoms with van der Waals surface area (Å²) in [5.74, 6) is -0.252. The van der Waals surface area contributed by atoms with Crippen molar-refractivity contribution >= 4 is 33.2 Å². The maximum Gasteiger partial charge on any atom is 0.262 e. The first kappa shape index (κ1) is 20.0. The van der Waals surface area contributed by atoms with Crippen LogP contribution in [0.2, 0.25) is 0 Å². The standard InChI is InChI=1S/C19H25N3O3S2/c1-4-5-9-15-13-22(14-10-7-6-8-11-14)16-12-17(26-3)18(23)20-19(16)27(24,25)21(15)2/h6-8,10-12,15H,4-5,9,13H2,1-3H3,(H,20,23). The number of unbranched alkanes of at least 4 members (excludes halogenated alkanes) is 1. The lowest BCUT2D eigenvalue weighted by atomic mass is 10.1. The summed E-state index contributed by atoms with van der Waals surface area (Å²) in [6, 6.07) is 11.3. The second kappa shape index (κ2) is 8.08. The number of fused-ring (bicyclic) bond motifs is 1. The fourth-order valence-corrected chi connectivity index (χ4v) is 5.24. The molecular formula is C19H25N3O3S2. The van der Waals surface area contributed by atoms with Gasteiger partial charge in [-0.3, -0.25) is 0 Å². The molecular weight excluding hydrogens is 382 g/mol. The normalized spacial score (nSPS) is 19.5. The van der Waals surface area contributed by atoms with E-state index in [1.807, 2.05) is 41.5 Å². The van der Waals surface area contributed by atoms with Crippen LogP contribution in [0.4, 0.5) is 11.4 Å². The van der Waals surface area contributed by atoms with E-state index >= 15 is 0 Å². The largest absolute Gasteiger partial charge is 0.492 e. The van der Waals surface area contributed by atoms with Gasteiger partial charge in [0.05, 0.1) is 10.6 Å². The molecule has 0 amide bonds. The van der Waals surface area contributed by atoms with E-state index in [1.54, 1.807) is 13.1 Å². The van der Waals surface area contributed by atoms with Crippen molar-refractivity contribution < 1.29 is 13.5 Å². The van der Waals surface area contributed by atoms with E-state index in [9.17, 15) is 13.5 Å². The highest BCUT2D eigenvalue weighted by molar-refractivity contribution is 7.98. The van der Waals surface area contributed by atoms with Crippen LogP contribution in [-0.4, -0.2) is 48.7 Å². The van der Waals surface area contributed by atoms with Gasteiger partial charge in [0, 0.05) is 25.3 Å². The molecule has 0 bridgehead atoms. The molecule has 0 saturated carbocycles. The molecule has 0 radical (unpaired) electrons. The predicted molar refractivity (Wildman–Crippen MR) is 109 cm³/mol. The summed E-state index contributed by atoms with van der Waals surface area (Å²) < 4.78 is 27.9. The molecule has 3 rings (SSSR count). The first-order valence-corrected chi connectivity index (χ1v) is 11.6. The van der Waals surface area contributed by atoms with Crippen molar-refractivity contribution in [3.63, 3.8) is 0 Å². The van der Waals surface area contributed by atoms with Gasteiger partial charge in [-0.25, -0.2) is 8.42 Å². The number of para-hydroxylation sites is 1. The highest BCUT2D eigenvalue weighted by atomic mass is 32.2. The average Bonchev–Trinajstić information content (AvgIpc) is 2.75. The van der Waals surface area contributed by atoms with Crippen molar-refractivity contribution in [3.05, 3.63) is 36.4 Å². The summed E-state index contributed by atoms with van der Waals surface area (Å²) in [4.78, 5) is 6.66. The zero-order valence-electron chi connectivity index (χ0n) is 15.8. The van der Waals surface area contributed by atoms with E-state index in [1.165, 1.54) is 16.1 Å². The lowest BCUT2D eigenvalue weighted by Gasteiger charge is -2.29. The lowest BCUT2D eigenvalue weighted by molar-refractivity contribution is 0.350. The van der Waals surface area contributed by atoms with Gasteiger partial charge in [0.2, 0.25) is 5.88 Å². The molecule has 0 aliphatic carbocycles. The monoisotopic (exact) mass is 407 g/mol. The Kier molecular flexibility index (Phi) is 5.98. The Morgan fingerprint density at radius 1 is 1.30 bits per heavy atom. The molecule has 1 N–H and O–H groups in total. The van der Waals surface area contributed by atoms with Gasteiger partial charge >= 0.3 is 0 Å². The Morgan fingerprint density at radius 2 is 2.00 bits per heavy atom. The summed E-state index contributed by atoms with van der Waals surface area (Å²) in [5.41, 5.74) is 1.42. The van der Waals surface area contributed by atoms with Crippen molar-refractivity contribution in [3.8, 4) is 5.88 Å². The van der Waals surface area contributed by atoms with E-state index in [0.29, 0.717) is 17.1 Å². The second-order valence-corrected chi connectivity index (χ2v) is 9.36. The molecule has 0 spiro atoms. The number of benzene rings is 1. The molecule has 1 atom stereocenters. The highest BCUT2D eigenvalue weighted by Gasteiger charge is 2.38. The quantitative estimate of drug-likeness (QED) is 0.759. The fraction of sp³-hybridized carbons (Fsp3) is 0.421. The summed E-state index contributed by atoms with van der Waals surface area (Å²) >= 11 is 1.34. The minimum atomic E-state index is -3.81. The molecule has 8 heteroatoms. The molecule has 2 heterocycles. The Labute approximate surface area is 165 Å². The van der Waals surface area contributed by atoms with Gasteiger partial charge in [-0.05, 0) is 30.9 Å². The van der Waals surface area contributed by atoms with Crippen LogP contribution in [0, 0.1) is 0 Å². The SMILES string of the molecule is CCCCC1CN(c2ccccc2)c2cc(SC)c(O)nc2S(=O)(=O)N1C. The number of thioether (sulfide) groups is 1. The Balaban J connectivity index is 2.23. The van der Waals surface area contributed by atoms with E-state index in [2.05, 4.69) is 11.9 Å². The molecule has 27 heavy (non-hydrogen) atoms. The topological polar surface area (TPSA) is 73.7 Å². The first-order chi connectivity index (χ1) is 12.9. The molecule has 1 aliphatic heterocycles. The number of pyridine rings is 1. The molecule has 6 nitrogen and oxygen atoms in total. The molecule has 0 fully saturated rings. The minimum Gasteiger partial charge on any atom is -0.492 e. The third-order valence-corrected chi connectivity index (χ3v) is 7.50. The van der Waals surface area contributed by atoms with Gasteiger partial charge in [0.1, 0.15) is 0 Å². The van der Waals surface area contributed by atoms with Gasteiger partial charge in [0.25, 0.3) is 10.0 Å². The van der Waals surface area contributed by atoms with Crippen LogP contribution in [0.25, 0.3) is 0 Å². The molecule has 1 aliphatic rings. The van der Waals surface area contributed by atoms with Crippen molar-refractivity contribution in [2.24, 2.45) is 0 Å². The smallest absolute Gasteiger partial charge is 0.262 e. The van der Waals surface area contributed by atoms with E-state index < -0.39 is 10.0 Å². The number of sulfonamides is 1. The van der Waals surface area contributed by atoms with Crippen LogP contribution in [0.3, 0.4) is 0 Å². The average molecular weight is 408 g/mol. The highest BCUT2D eigenvalue weighted by Crippen LogP contribution is 2.40. The number of likely N-dealkylation sites (N-methyl/N-ethyl adjacent to an activating group) is 1. The van der Waals surface area contributed by atoms with Gasteiger partial charge in [-0.2, -0.15) is 9.29 Å². The zero-order chi connectivity index (χ0) is 19.6. The van der Waals surface area contributed by atoms with Crippen LogP contribution in [0.5, 0.6) is 5.88 Å². The number of nitrogens with zero attached hydrogens (tertiary/aromatic N) is 3. The van der Waals surface area contributed by atoms with Gasteiger partial charge < -0.3 is 10.0 Å². The molecule has 1 unspecified atom stereocenters. The Bertz CT molecular complexity index is 904. The van der Waals surface area contributed by atoms with Crippen LogP contribution in [0.15, 0.2) is 46.3 Å². The Morgan fingerprint density at radius 3 is 2.63 bits per heavy atom. The summed E-state index contributed by atoms with van der Waals surface area (Å²) in [7, 11) is -2.21. The number of hydrogen-bond donors (Lipinski definition) is 1. The minimum absolute atomic E-state index is 0.0943. The number of aromatic nitrogens is 1. The van der Waals surface area contributed by atoms with Gasteiger partial charge in [-0.15, -0.1) is 11.8 Å². The van der Waals surface area contributed by atoms with Crippen molar-refractivity contribution in [1.82, 2.24) is 9.29 Å². The second-order valence-electron chi connectivity index (χ2n) is 6.60. The summed E-state index contributed by atoms with van der Waals surface area (Å²) in [6.07, 6.45) is 4.54. The summed E-state index contributed by atoms with van der Waals surface area (Å²) in [5, 5.41) is 10.1. The maximum absolute atomic E-state index is 13.2. The molecule has 1 aromatic carbocycles. The van der Waals surface area contributed by atoms with Crippen LogP contribution >= 0.6 is 11.8 Å².